The molecule has 214 valence electrons. The SMILES string of the molecule is FC(F)(F)c1cc(Oc2nnc(-c3cc4ccccc4o3)c3cc4ccccc4cc23)c(C(F)(F)F)c(C(F)(F)F)c1. The summed E-state index contributed by atoms with van der Waals surface area (Å²) in [5, 5.41) is 9.88. The third-order valence-corrected chi connectivity index (χ3v) is 6.50. The second-order valence-electron chi connectivity index (χ2n) is 9.24. The number of benzene rings is 4. The lowest BCUT2D eigenvalue weighted by Crippen LogP contribution is -2.20. The van der Waals surface area contributed by atoms with E-state index in [9.17, 15) is 39.5 Å². The lowest BCUT2D eigenvalue weighted by Gasteiger charge is -2.21. The first-order valence-corrected chi connectivity index (χ1v) is 12.0. The van der Waals surface area contributed by atoms with Gasteiger partial charge in [0.2, 0.25) is 5.88 Å². The Morgan fingerprint density at radius 1 is 0.595 bits per heavy atom. The summed E-state index contributed by atoms with van der Waals surface area (Å²) < 4.78 is 134. The molecule has 0 aliphatic rings. The summed E-state index contributed by atoms with van der Waals surface area (Å²) in [6.45, 7) is 0. The fraction of sp³-hybridized carbons (Fsp3) is 0.103. The van der Waals surface area contributed by atoms with Crippen molar-refractivity contribution in [2.45, 2.75) is 18.5 Å². The molecule has 13 heteroatoms. The van der Waals surface area contributed by atoms with E-state index in [0.29, 0.717) is 21.7 Å². The molecule has 4 aromatic carbocycles. The topological polar surface area (TPSA) is 48.2 Å². The molecule has 0 spiro atoms. The fourth-order valence-corrected chi connectivity index (χ4v) is 4.65. The number of furan rings is 1. The van der Waals surface area contributed by atoms with Crippen LogP contribution in [-0.4, -0.2) is 10.2 Å². The van der Waals surface area contributed by atoms with E-state index in [4.69, 9.17) is 9.15 Å². The van der Waals surface area contributed by atoms with Crippen LogP contribution >= 0.6 is 0 Å². The van der Waals surface area contributed by atoms with Crippen molar-refractivity contribution in [2.75, 3.05) is 0 Å². The first-order chi connectivity index (χ1) is 19.7. The van der Waals surface area contributed by atoms with Crippen molar-refractivity contribution in [2.24, 2.45) is 0 Å². The van der Waals surface area contributed by atoms with Gasteiger partial charge >= 0.3 is 18.5 Å². The quantitative estimate of drug-likeness (QED) is 0.152. The van der Waals surface area contributed by atoms with E-state index in [-0.39, 0.29) is 28.3 Å². The van der Waals surface area contributed by atoms with Gasteiger partial charge in [-0.25, -0.2) is 0 Å². The molecule has 0 N–H and O–H groups in total. The van der Waals surface area contributed by atoms with Crippen LogP contribution in [0.2, 0.25) is 0 Å². The van der Waals surface area contributed by atoms with E-state index in [1.807, 2.05) is 0 Å². The highest BCUT2D eigenvalue weighted by Gasteiger charge is 2.48. The molecular formula is C29H13F9N2O2. The monoisotopic (exact) mass is 592 g/mol. The lowest BCUT2D eigenvalue weighted by molar-refractivity contribution is -0.164. The van der Waals surface area contributed by atoms with Crippen molar-refractivity contribution in [3.63, 3.8) is 0 Å². The van der Waals surface area contributed by atoms with Gasteiger partial charge in [0.15, 0.2) is 5.76 Å². The molecule has 0 fully saturated rings. The summed E-state index contributed by atoms with van der Waals surface area (Å²) in [6, 6.07) is 17.6. The van der Waals surface area contributed by atoms with Gasteiger partial charge in [0.25, 0.3) is 0 Å². The average molecular weight is 592 g/mol. The number of rotatable bonds is 3. The van der Waals surface area contributed by atoms with Crippen LogP contribution in [0.25, 0.3) is 44.0 Å². The second-order valence-corrected chi connectivity index (χ2v) is 9.24. The van der Waals surface area contributed by atoms with Crippen LogP contribution in [0, 0.1) is 0 Å². The van der Waals surface area contributed by atoms with Gasteiger partial charge in [-0.15, -0.1) is 10.2 Å². The molecule has 6 aromatic rings. The number of fused-ring (bicyclic) bond motifs is 3. The van der Waals surface area contributed by atoms with Gasteiger partial charge in [0.05, 0.1) is 11.1 Å². The molecule has 0 aliphatic heterocycles. The Morgan fingerprint density at radius 3 is 1.81 bits per heavy atom. The Hall–Kier alpha value is -4.81. The van der Waals surface area contributed by atoms with Gasteiger partial charge in [-0.3, -0.25) is 0 Å². The van der Waals surface area contributed by atoms with Gasteiger partial charge in [-0.05, 0) is 47.2 Å². The van der Waals surface area contributed by atoms with Crippen molar-refractivity contribution in [3.8, 4) is 23.1 Å². The first-order valence-electron chi connectivity index (χ1n) is 12.0. The van der Waals surface area contributed by atoms with Gasteiger partial charge in [-0.2, -0.15) is 39.5 Å². The highest BCUT2D eigenvalue weighted by molar-refractivity contribution is 6.05. The fourth-order valence-electron chi connectivity index (χ4n) is 4.65. The average Bonchev–Trinajstić information content (AvgIpc) is 3.34. The molecule has 0 bridgehead atoms. The minimum Gasteiger partial charge on any atom is -0.454 e. The molecular weight excluding hydrogens is 579 g/mol. The zero-order chi connectivity index (χ0) is 30.0. The van der Waals surface area contributed by atoms with E-state index in [1.54, 1.807) is 60.7 Å². The minimum atomic E-state index is -5.79. The molecule has 4 nitrogen and oxygen atoms in total. The Morgan fingerprint density at radius 2 is 1.21 bits per heavy atom. The van der Waals surface area contributed by atoms with E-state index in [2.05, 4.69) is 10.2 Å². The maximum absolute atomic E-state index is 14.0. The number of alkyl halides is 9. The number of aromatic nitrogens is 2. The lowest BCUT2D eigenvalue weighted by atomic mass is 10.0. The standard InChI is InChI=1S/C29H13F9N2O2/c30-27(31,32)17-12-20(28(33,34)35)24(29(36,37)38)22(13-17)42-26-19-10-15-6-2-1-5-14(15)9-18(19)25(39-40-26)23-11-16-7-3-4-8-21(16)41-23/h1-13H. The van der Waals surface area contributed by atoms with E-state index < -0.39 is 52.9 Å². The van der Waals surface area contributed by atoms with Crippen LogP contribution in [0.5, 0.6) is 11.6 Å². The summed E-state index contributed by atoms with van der Waals surface area (Å²) in [5.74, 6) is -2.26. The molecule has 0 radical (unpaired) electrons. The number of halogens is 9. The zero-order valence-corrected chi connectivity index (χ0v) is 20.6. The van der Waals surface area contributed by atoms with E-state index in [0.717, 1.165) is 0 Å². The van der Waals surface area contributed by atoms with Gasteiger partial charge in [0.1, 0.15) is 22.6 Å². The highest BCUT2D eigenvalue weighted by atomic mass is 19.4. The Labute approximate surface area is 228 Å². The molecule has 42 heavy (non-hydrogen) atoms. The Balaban J connectivity index is 1.62. The van der Waals surface area contributed by atoms with Crippen molar-refractivity contribution in [3.05, 3.63) is 95.6 Å². The van der Waals surface area contributed by atoms with Crippen LogP contribution in [0.1, 0.15) is 16.7 Å². The Kier molecular flexibility index (Phi) is 6.10. The Bertz CT molecular complexity index is 1960. The summed E-state index contributed by atoms with van der Waals surface area (Å²) in [4.78, 5) is 0. The van der Waals surface area contributed by atoms with Crippen molar-refractivity contribution in [1.82, 2.24) is 10.2 Å². The third kappa shape index (κ3) is 4.84. The number of hydrogen-bond acceptors (Lipinski definition) is 4. The molecule has 0 saturated heterocycles. The largest absolute Gasteiger partial charge is 0.454 e. The molecule has 0 atom stereocenters. The van der Waals surface area contributed by atoms with E-state index >= 15 is 0 Å². The summed E-state index contributed by atoms with van der Waals surface area (Å²) in [6.07, 6.45) is -17.0. The van der Waals surface area contributed by atoms with Crippen molar-refractivity contribution in [1.29, 1.82) is 0 Å². The molecule has 2 aromatic heterocycles. The normalized spacial score (nSPS) is 12.9. The van der Waals surface area contributed by atoms with Crippen molar-refractivity contribution < 1.29 is 48.7 Å². The first kappa shape index (κ1) is 27.4. The number of ether oxygens (including phenoxy) is 1. The molecule has 0 aliphatic carbocycles. The molecule has 2 heterocycles. The maximum atomic E-state index is 14.0. The highest BCUT2D eigenvalue weighted by Crippen LogP contribution is 2.49. The molecule has 0 unspecified atom stereocenters. The van der Waals surface area contributed by atoms with Crippen molar-refractivity contribution >= 4 is 32.5 Å². The van der Waals surface area contributed by atoms with Crippen LogP contribution < -0.4 is 4.74 Å². The molecule has 6 rings (SSSR count). The number of para-hydroxylation sites is 1. The summed E-state index contributed by atoms with van der Waals surface area (Å²) in [7, 11) is 0. The predicted molar refractivity (Wildman–Crippen MR) is 134 cm³/mol. The van der Waals surface area contributed by atoms with Crippen LogP contribution in [-0.2, 0) is 18.5 Å². The summed E-state index contributed by atoms with van der Waals surface area (Å²) >= 11 is 0. The van der Waals surface area contributed by atoms with Crippen LogP contribution in [0.4, 0.5) is 39.5 Å². The third-order valence-electron chi connectivity index (χ3n) is 6.50. The zero-order valence-electron chi connectivity index (χ0n) is 20.6. The smallest absolute Gasteiger partial charge is 0.420 e. The van der Waals surface area contributed by atoms with Crippen LogP contribution in [0.15, 0.2) is 83.3 Å². The second kappa shape index (κ2) is 9.36. The number of nitrogens with zero attached hydrogens (tertiary/aromatic N) is 2. The summed E-state index contributed by atoms with van der Waals surface area (Å²) in [5.41, 5.74) is -6.36. The maximum Gasteiger partial charge on any atom is 0.420 e. The van der Waals surface area contributed by atoms with Gasteiger partial charge in [0, 0.05) is 16.2 Å². The predicted octanol–water partition coefficient (Wildman–Crippen LogP) is 10.0. The molecule has 0 amide bonds. The number of hydrogen-bond donors (Lipinski definition) is 0. The molecule has 0 saturated carbocycles. The van der Waals surface area contributed by atoms with Crippen LogP contribution in [0.3, 0.4) is 0 Å². The van der Waals surface area contributed by atoms with Gasteiger partial charge in [-0.1, -0.05) is 42.5 Å². The van der Waals surface area contributed by atoms with Gasteiger partial charge < -0.3 is 9.15 Å². The van der Waals surface area contributed by atoms with E-state index in [1.165, 1.54) is 6.07 Å². The minimum absolute atomic E-state index is 0.0294.